The van der Waals surface area contributed by atoms with Crippen LogP contribution in [0.4, 0.5) is 5.69 Å². The molecule has 1 aromatic carbocycles. The Morgan fingerprint density at radius 2 is 2.12 bits per heavy atom. The number of aliphatic hydroxyl groups is 1. The molecule has 5 nitrogen and oxygen atoms in total. The molecule has 2 fully saturated rings. The molecule has 4 aliphatic heterocycles. The summed E-state index contributed by atoms with van der Waals surface area (Å²) in [5.74, 6) is 0.574. The predicted octanol–water partition coefficient (Wildman–Crippen LogP) is 2.51. The van der Waals surface area contributed by atoms with Gasteiger partial charge in [-0.25, -0.2) is 4.99 Å². The molecule has 0 saturated carbocycles. The smallest absolute Gasteiger partial charge is 0.133 e. The number of hydrogen-bond acceptors (Lipinski definition) is 4. The van der Waals surface area contributed by atoms with Gasteiger partial charge in [0.25, 0.3) is 0 Å². The van der Waals surface area contributed by atoms with E-state index in [-0.39, 0.29) is 41.3 Å². The van der Waals surface area contributed by atoms with Crippen molar-refractivity contribution in [2.75, 3.05) is 20.3 Å². The van der Waals surface area contributed by atoms with E-state index >= 15 is 0 Å². The molecule has 4 heterocycles. The lowest BCUT2D eigenvalue weighted by Gasteiger charge is -2.62. The van der Waals surface area contributed by atoms with Gasteiger partial charge in [-0.2, -0.15) is 0 Å². The van der Waals surface area contributed by atoms with Gasteiger partial charge in [-0.1, -0.05) is 18.2 Å². The van der Waals surface area contributed by atoms with Crippen LogP contribution >= 0.6 is 0 Å². The van der Waals surface area contributed by atoms with Crippen molar-refractivity contribution in [1.29, 1.82) is 0 Å². The Hall–Kier alpha value is -1.53. The maximum absolute atomic E-state index is 13.6. The highest BCUT2D eigenvalue weighted by Crippen LogP contribution is 2.52. The zero-order valence-corrected chi connectivity index (χ0v) is 14.6. The number of piperidine rings is 1. The Labute approximate surface area is 147 Å². The minimum atomic E-state index is -0.298. The molecular weight excluding hydrogens is 316 g/mol. The second-order valence-corrected chi connectivity index (χ2v) is 8.11. The van der Waals surface area contributed by atoms with Crippen molar-refractivity contribution in [2.45, 2.75) is 31.5 Å². The Balaban J connectivity index is 1.64. The first-order valence-electron chi connectivity index (χ1n) is 9.22. The zero-order chi connectivity index (χ0) is 17.3. The van der Waals surface area contributed by atoms with Gasteiger partial charge in [0.2, 0.25) is 0 Å². The second kappa shape index (κ2) is 5.24. The molecule has 1 aromatic rings. The average Bonchev–Trinajstić information content (AvgIpc) is 2.93. The molecule has 0 spiro atoms. The zero-order valence-electron chi connectivity index (χ0n) is 14.6. The number of benzene rings is 1. The first-order valence-corrected chi connectivity index (χ1v) is 9.22. The first-order chi connectivity index (χ1) is 12.0. The summed E-state index contributed by atoms with van der Waals surface area (Å²) in [5, 5.41) is 23.5. The van der Waals surface area contributed by atoms with Gasteiger partial charge >= 0.3 is 0 Å². The molecule has 0 radical (unpaired) electrons. The second-order valence-electron chi connectivity index (χ2n) is 8.11. The maximum Gasteiger partial charge on any atom is 0.133 e. The Bertz CT molecular complexity index is 785. The monoisotopic (exact) mass is 340 g/mol. The van der Waals surface area contributed by atoms with Crippen LogP contribution in [0.2, 0.25) is 0 Å². The van der Waals surface area contributed by atoms with E-state index in [1.54, 1.807) is 7.05 Å². The fourth-order valence-electron chi connectivity index (χ4n) is 5.57. The van der Waals surface area contributed by atoms with E-state index in [9.17, 15) is 10.3 Å². The number of ether oxygens (including phenoxy) is 1. The van der Waals surface area contributed by atoms with Crippen LogP contribution in [0.15, 0.2) is 35.3 Å². The van der Waals surface area contributed by atoms with Gasteiger partial charge in [-0.15, -0.1) is 0 Å². The number of fused-ring (bicyclic) bond motifs is 8. The molecule has 7 atom stereocenters. The fraction of sp³-hybridized carbons (Fsp3) is 0.550. The van der Waals surface area contributed by atoms with Gasteiger partial charge in [0.1, 0.15) is 17.8 Å². The van der Waals surface area contributed by atoms with Crippen molar-refractivity contribution in [3.8, 4) is 0 Å². The molecule has 2 bridgehead atoms. The highest BCUT2D eigenvalue weighted by Gasteiger charge is 2.57. The number of aliphatic hydroxyl groups excluding tert-OH is 1. The van der Waals surface area contributed by atoms with Crippen molar-refractivity contribution < 1.29 is 14.5 Å². The molecule has 1 unspecified atom stereocenters. The van der Waals surface area contributed by atoms with Crippen LogP contribution < -0.4 is 0 Å². The third-order valence-electron chi connectivity index (χ3n) is 6.97. The molecule has 25 heavy (non-hydrogen) atoms. The quantitative estimate of drug-likeness (QED) is 0.631. The molecule has 0 aromatic heterocycles. The largest absolute Gasteiger partial charge is 0.632 e. The third kappa shape index (κ3) is 2.01. The van der Waals surface area contributed by atoms with Crippen LogP contribution in [-0.4, -0.2) is 53.9 Å². The third-order valence-corrected chi connectivity index (χ3v) is 6.97. The van der Waals surface area contributed by atoms with E-state index in [1.165, 1.54) is 0 Å². The van der Waals surface area contributed by atoms with Gasteiger partial charge in [-0.3, -0.25) is 0 Å². The van der Waals surface area contributed by atoms with Crippen LogP contribution in [0.3, 0.4) is 0 Å². The predicted molar refractivity (Wildman–Crippen MR) is 96.2 cm³/mol. The van der Waals surface area contributed by atoms with Crippen molar-refractivity contribution in [2.24, 2.45) is 22.7 Å². The summed E-state index contributed by atoms with van der Waals surface area (Å²) in [7, 11) is 1.79. The van der Waals surface area contributed by atoms with Crippen LogP contribution in [0, 0.1) is 23.0 Å². The molecule has 132 valence electrons. The molecule has 5 rings (SSSR count). The Kier molecular flexibility index (Phi) is 3.29. The normalized spacial score (nSPS) is 44.3. The van der Waals surface area contributed by atoms with Crippen molar-refractivity contribution in [3.05, 3.63) is 41.1 Å². The number of aliphatic imine (C=N–C) groups is 1. The van der Waals surface area contributed by atoms with E-state index in [1.807, 2.05) is 25.1 Å². The van der Waals surface area contributed by atoms with Crippen LogP contribution in [0.1, 0.15) is 18.9 Å². The van der Waals surface area contributed by atoms with Gasteiger partial charge in [0.15, 0.2) is 0 Å². The van der Waals surface area contributed by atoms with Crippen molar-refractivity contribution >= 4 is 17.0 Å². The molecule has 0 amide bonds. The summed E-state index contributed by atoms with van der Waals surface area (Å²) in [4.78, 5) is 4.84. The van der Waals surface area contributed by atoms with Gasteiger partial charge in [0.05, 0.1) is 25.4 Å². The number of quaternary nitrogens is 1. The number of hydrogen-bond donors (Lipinski definition) is 1. The number of para-hydroxylation sites is 1. The van der Waals surface area contributed by atoms with Crippen LogP contribution in [0.25, 0.3) is 5.57 Å². The lowest BCUT2D eigenvalue weighted by molar-refractivity contribution is -0.906. The van der Waals surface area contributed by atoms with Crippen LogP contribution in [-0.2, 0) is 4.74 Å². The summed E-state index contributed by atoms with van der Waals surface area (Å²) in [6.07, 6.45) is 2.98. The van der Waals surface area contributed by atoms with E-state index < -0.39 is 0 Å². The molecule has 2 saturated heterocycles. The number of hydroxylamine groups is 3. The summed E-state index contributed by atoms with van der Waals surface area (Å²) < 4.78 is 5.65. The number of nitrogens with zero attached hydrogens (tertiary/aromatic N) is 2. The fourth-order valence-corrected chi connectivity index (χ4v) is 5.57. The van der Waals surface area contributed by atoms with Gasteiger partial charge in [-0.05, 0) is 25.0 Å². The molecule has 4 aliphatic rings. The molecule has 0 aliphatic carbocycles. The SMILES string of the molecule is C[C@@H]1OC[C@@H]2[C@@H](C[C@H]3C4=Nc5ccccc5C4=C[C@@H]2[N+]3(C)[O-])[C@@H]1CO. The summed E-state index contributed by atoms with van der Waals surface area (Å²) in [5.41, 5.74) is 4.22. The average molecular weight is 340 g/mol. The number of likely N-dealkylation sites (N-methyl/N-ethyl adjacent to an activating group) is 1. The topological polar surface area (TPSA) is 64.9 Å². The minimum Gasteiger partial charge on any atom is -0.632 e. The van der Waals surface area contributed by atoms with Crippen molar-refractivity contribution in [3.63, 3.8) is 0 Å². The van der Waals surface area contributed by atoms with E-state index in [0.29, 0.717) is 12.5 Å². The highest BCUT2D eigenvalue weighted by atomic mass is 16.6. The molecular formula is C20H24N2O3. The lowest BCUT2D eigenvalue weighted by Crippen LogP contribution is -2.69. The van der Waals surface area contributed by atoms with E-state index in [4.69, 9.17) is 9.73 Å². The first kappa shape index (κ1) is 15.7. The summed E-state index contributed by atoms with van der Waals surface area (Å²) >= 11 is 0. The number of rotatable bonds is 1. The Morgan fingerprint density at radius 1 is 1.32 bits per heavy atom. The van der Waals surface area contributed by atoms with E-state index in [2.05, 4.69) is 12.1 Å². The summed E-state index contributed by atoms with van der Waals surface area (Å²) in [6, 6.07) is 7.86. The van der Waals surface area contributed by atoms with Crippen molar-refractivity contribution in [1.82, 2.24) is 0 Å². The van der Waals surface area contributed by atoms with Gasteiger partial charge in [0, 0.05) is 36.0 Å². The molecule has 5 heteroatoms. The Morgan fingerprint density at radius 3 is 2.92 bits per heavy atom. The van der Waals surface area contributed by atoms with Crippen LogP contribution in [0.5, 0.6) is 0 Å². The lowest BCUT2D eigenvalue weighted by atomic mass is 9.64. The maximum atomic E-state index is 13.6. The highest BCUT2D eigenvalue weighted by molar-refractivity contribution is 6.31. The minimum absolute atomic E-state index is 0.0432. The standard InChI is InChI=1S/C20H24N2O3/c1-11-15(9-23)13-7-19-20-14(12-5-3-4-6-17(12)21-20)8-18(22(19,2)24)16(13)10-25-11/h3-6,8,11,13,15-16,18-19,23H,7,9-10H2,1-2H3/t11-,13-,15+,16+,18-,19-,22?/m0/s1. The summed E-state index contributed by atoms with van der Waals surface area (Å²) in [6.45, 7) is 2.76. The van der Waals surface area contributed by atoms with E-state index in [0.717, 1.165) is 29.0 Å². The van der Waals surface area contributed by atoms with Gasteiger partial charge < -0.3 is 19.7 Å². The molecule has 1 N–H and O–H groups in total.